The van der Waals surface area contributed by atoms with E-state index in [2.05, 4.69) is 5.16 Å². The minimum atomic E-state index is -3.90. The van der Waals surface area contributed by atoms with Gasteiger partial charge in [-0.25, -0.2) is 12.8 Å². The average Bonchev–Trinajstić information content (AvgIpc) is 3.47. The van der Waals surface area contributed by atoms with Crippen LogP contribution in [0.2, 0.25) is 0 Å². The highest BCUT2D eigenvalue weighted by atomic mass is 32.2. The van der Waals surface area contributed by atoms with Crippen molar-refractivity contribution in [3.05, 3.63) is 76.9 Å². The molecular weight excluding hydrogens is 469 g/mol. The molecule has 0 saturated carbocycles. The van der Waals surface area contributed by atoms with Crippen molar-refractivity contribution in [3.63, 3.8) is 0 Å². The Morgan fingerprint density at radius 1 is 1.06 bits per heavy atom. The molecule has 2 aliphatic heterocycles. The second-order valence-electron chi connectivity index (χ2n) is 8.86. The Labute approximate surface area is 203 Å². The number of carbonyl (C=O) groups excluding carboxylic acids is 1. The lowest BCUT2D eigenvalue weighted by Gasteiger charge is -2.32. The minimum Gasteiger partial charge on any atom is -0.355 e. The summed E-state index contributed by atoms with van der Waals surface area (Å²) in [6.45, 7) is 2.69. The summed E-state index contributed by atoms with van der Waals surface area (Å²) in [5.74, 6) is -0.535. The van der Waals surface area contributed by atoms with Crippen LogP contribution in [0.3, 0.4) is 0 Å². The number of anilines is 1. The lowest BCUT2D eigenvalue weighted by Crippen LogP contribution is -2.44. The van der Waals surface area contributed by atoms with Crippen LogP contribution in [-0.4, -0.2) is 43.4 Å². The zero-order chi connectivity index (χ0) is 24.6. The van der Waals surface area contributed by atoms with Crippen molar-refractivity contribution < 1.29 is 22.1 Å². The fourth-order valence-corrected chi connectivity index (χ4v) is 6.55. The number of piperidine rings is 1. The number of hydrogen-bond donors (Lipinski definition) is 0. The van der Waals surface area contributed by atoms with Gasteiger partial charge in [-0.3, -0.25) is 4.79 Å². The first-order valence-corrected chi connectivity index (χ1v) is 13.1. The number of benzene rings is 2. The number of rotatable bonds is 5. The Balaban J connectivity index is 1.30. The first kappa shape index (κ1) is 23.4. The van der Waals surface area contributed by atoms with E-state index in [0.717, 1.165) is 12.1 Å². The maximum absolute atomic E-state index is 14.0. The number of nitrogens with zero attached hydrogens (tertiary/aromatic N) is 3. The van der Waals surface area contributed by atoms with Gasteiger partial charge in [0.15, 0.2) is 10.7 Å². The lowest BCUT2D eigenvalue weighted by atomic mass is 9.96. The van der Waals surface area contributed by atoms with Crippen LogP contribution in [0.5, 0.6) is 0 Å². The van der Waals surface area contributed by atoms with E-state index in [9.17, 15) is 17.6 Å². The van der Waals surface area contributed by atoms with E-state index < -0.39 is 15.8 Å². The molecule has 2 aliphatic rings. The second-order valence-corrected chi connectivity index (χ2v) is 10.7. The van der Waals surface area contributed by atoms with Gasteiger partial charge in [-0.2, -0.15) is 4.31 Å². The summed E-state index contributed by atoms with van der Waals surface area (Å²) < 4.78 is 47.6. The molecule has 2 aromatic carbocycles. The normalized spacial score (nSPS) is 17.3. The molecule has 5 rings (SSSR count). The first-order chi connectivity index (χ1) is 16.9. The van der Waals surface area contributed by atoms with Crippen molar-refractivity contribution in [2.24, 2.45) is 5.92 Å². The lowest BCUT2D eigenvalue weighted by molar-refractivity contribution is -0.123. The van der Waals surface area contributed by atoms with Crippen molar-refractivity contribution >= 4 is 33.8 Å². The topological polar surface area (TPSA) is 83.7 Å². The third-order valence-electron chi connectivity index (χ3n) is 6.71. The number of hydrogen-bond acceptors (Lipinski definition) is 5. The van der Waals surface area contributed by atoms with E-state index in [1.807, 2.05) is 29.2 Å². The molecule has 0 atom stereocenters. The largest absolute Gasteiger partial charge is 0.355 e. The van der Waals surface area contributed by atoms with Gasteiger partial charge in [0, 0.05) is 36.8 Å². The van der Waals surface area contributed by atoms with Gasteiger partial charge < -0.3 is 9.42 Å². The number of carbonyl (C=O) groups is 1. The zero-order valence-electron chi connectivity index (χ0n) is 19.4. The van der Waals surface area contributed by atoms with Gasteiger partial charge in [0.05, 0.1) is 0 Å². The Morgan fingerprint density at radius 3 is 2.54 bits per heavy atom. The van der Waals surface area contributed by atoms with Gasteiger partial charge in [-0.1, -0.05) is 41.6 Å². The average molecular weight is 496 g/mol. The van der Waals surface area contributed by atoms with E-state index in [4.69, 9.17) is 4.52 Å². The zero-order valence-corrected chi connectivity index (χ0v) is 20.2. The summed E-state index contributed by atoms with van der Waals surface area (Å²) in [7, 11) is -3.90. The number of fused-ring (bicyclic) bond motifs is 1. The number of amides is 1. The van der Waals surface area contributed by atoms with Crippen LogP contribution in [0, 0.1) is 18.7 Å². The van der Waals surface area contributed by atoms with Crippen LogP contribution < -0.4 is 4.90 Å². The summed E-state index contributed by atoms with van der Waals surface area (Å²) in [6.07, 6.45) is 4.62. The van der Waals surface area contributed by atoms with Crippen molar-refractivity contribution in [1.82, 2.24) is 9.46 Å². The van der Waals surface area contributed by atoms with Gasteiger partial charge in [0.25, 0.3) is 0 Å². The fourth-order valence-electron chi connectivity index (χ4n) is 4.83. The highest BCUT2D eigenvalue weighted by Gasteiger charge is 2.38. The van der Waals surface area contributed by atoms with Crippen molar-refractivity contribution in [3.8, 4) is 0 Å². The van der Waals surface area contributed by atoms with Crippen LogP contribution in [0.4, 0.5) is 10.1 Å². The molecule has 1 fully saturated rings. The fraction of sp³-hybridized carbons (Fsp3) is 0.308. The quantitative estimate of drug-likeness (QED) is 0.528. The van der Waals surface area contributed by atoms with Crippen molar-refractivity contribution in [2.45, 2.75) is 31.1 Å². The molecule has 7 nitrogen and oxygen atoms in total. The maximum atomic E-state index is 14.0. The molecular formula is C26H26FN3O4S. The summed E-state index contributed by atoms with van der Waals surface area (Å²) in [6, 6.07) is 14.1. The number of aromatic nitrogens is 1. The molecule has 0 unspecified atom stereocenters. The Bertz CT molecular complexity index is 1390. The second kappa shape index (κ2) is 9.39. The Morgan fingerprint density at radius 2 is 1.77 bits per heavy atom. The van der Waals surface area contributed by atoms with Gasteiger partial charge >= 0.3 is 0 Å². The van der Waals surface area contributed by atoms with Gasteiger partial charge in [-0.15, -0.1) is 0 Å². The van der Waals surface area contributed by atoms with Gasteiger partial charge in [0.1, 0.15) is 11.5 Å². The number of halogens is 1. The van der Waals surface area contributed by atoms with Crippen molar-refractivity contribution in [1.29, 1.82) is 0 Å². The smallest absolute Gasteiger partial charge is 0.248 e. The molecule has 3 heterocycles. The predicted octanol–water partition coefficient (Wildman–Crippen LogP) is 4.28. The van der Waals surface area contributed by atoms with E-state index in [0.29, 0.717) is 24.9 Å². The maximum Gasteiger partial charge on any atom is 0.248 e. The predicted molar refractivity (Wildman–Crippen MR) is 131 cm³/mol. The van der Waals surface area contributed by atoms with E-state index in [-0.39, 0.29) is 41.3 Å². The number of aryl methyl sites for hydroxylation is 1. The molecule has 35 heavy (non-hydrogen) atoms. The number of sulfonamides is 1. The number of para-hydroxylation sites is 1. The molecule has 0 radical (unpaired) electrons. The molecule has 182 valence electrons. The highest BCUT2D eigenvalue weighted by molar-refractivity contribution is 7.89. The van der Waals surface area contributed by atoms with Gasteiger partial charge in [-0.05, 0) is 56.0 Å². The monoisotopic (exact) mass is 495 g/mol. The minimum absolute atomic E-state index is 0.0247. The summed E-state index contributed by atoms with van der Waals surface area (Å²) in [5.41, 5.74) is 2.68. The van der Waals surface area contributed by atoms with E-state index >= 15 is 0 Å². The third kappa shape index (κ3) is 4.41. The SMILES string of the molecule is Cc1noc(/C=C/c2ccccc2F)c1S(=O)(=O)N1CCC(C(=O)N2CCc3ccccc32)CC1. The molecule has 0 bridgehead atoms. The summed E-state index contributed by atoms with van der Waals surface area (Å²) in [5, 5.41) is 3.84. The van der Waals surface area contributed by atoms with Crippen LogP contribution >= 0.6 is 0 Å². The van der Waals surface area contributed by atoms with Crippen molar-refractivity contribution in [2.75, 3.05) is 24.5 Å². The van der Waals surface area contributed by atoms with Gasteiger partial charge in [0.2, 0.25) is 15.9 Å². The van der Waals surface area contributed by atoms with Crippen LogP contribution in [0.1, 0.15) is 35.4 Å². The standard InChI is InChI=1S/C26H26FN3O4S/c1-18-25(24(34-28-18)11-10-19-6-2-4-8-22(19)27)35(32,33)29-15-12-21(13-16-29)26(31)30-17-14-20-7-3-5-9-23(20)30/h2-11,21H,12-17H2,1H3/b11-10+. The molecule has 0 spiro atoms. The Hall–Kier alpha value is -3.30. The van der Waals surface area contributed by atoms with Crippen LogP contribution in [0.15, 0.2) is 57.9 Å². The molecule has 1 saturated heterocycles. The molecule has 1 aromatic heterocycles. The molecule has 9 heteroatoms. The summed E-state index contributed by atoms with van der Waals surface area (Å²) >= 11 is 0. The van der Waals surface area contributed by atoms with Crippen LogP contribution in [0.25, 0.3) is 12.2 Å². The highest BCUT2D eigenvalue weighted by Crippen LogP contribution is 2.33. The summed E-state index contributed by atoms with van der Waals surface area (Å²) in [4.78, 5) is 15.0. The van der Waals surface area contributed by atoms with Crippen LogP contribution in [-0.2, 0) is 21.2 Å². The molecule has 1 amide bonds. The molecule has 3 aromatic rings. The molecule has 0 N–H and O–H groups in total. The molecule has 0 aliphatic carbocycles. The van der Waals surface area contributed by atoms with E-state index in [1.165, 1.54) is 28.1 Å². The first-order valence-electron chi connectivity index (χ1n) is 11.6. The van der Waals surface area contributed by atoms with E-state index in [1.54, 1.807) is 25.1 Å². The third-order valence-corrected chi connectivity index (χ3v) is 8.76. The Kier molecular flexibility index (Phi) is 6.29.